The smallest absolute Gasteiger partial charge is 1.00 e. The third-order valence-corrected chi connectivity index (χ3v) is 0.474. The van der Waals surface area contributed by atoms with Crippen molar-refractivity contribution in [1.29, 1.82) is 0 Å². The van der Waals surface area contributed by atoms with Crippen LogP contribution in [0.2, 0.25) is 0 Å². The molecule has 3 unspecified atom stereocenters. The Labute approximate surface area is 163 Å². The summed E-state index contributed by atoms with van der Waals surface area (Å²) in [4.78, 5) is 9.51. The Hall–Kier alpha value is 4.89. The first kappa shape index (κ1) is 29.4. The molecule has 0 rings (SSSR count). The normalized spacial score (nSPS) is 6.70. The number of hydrogen-bond donors (Lipinski definition) is 0. The zero-order valence-corrected chi connectivity index (χ0v) is 18.6. The molecule has 0 aliphatic rings. The third kappa shape index (κ3) is 29.3. The van der Waals surface area contributed by atoms with E-state index in [0.29, 0.717) is 0 Å². The second-order valence-electron chi connectivity index (χ2n) is 0.979. The summed E-state index contributed by atoms with van der Waals surface area (Å²) in [7, 11) is 6.72. The fourth-order valence-electron chi connectivity index (χ4n) is 0. The molecule has 0 saturated carbocycles. The van der Waals surface area contributed by atoms with Gasteiger partial charge in [0.15, 0.2) is 0 Å². The van der Waals surface area contributed by atoms with Gasteiger partial charge in [-0.2, -0.15) is 0 Å². The molecule has 2 nitrogen and oxygen atoms in total. The second kappa shape index (κ2) is 16.3. The molecule has 10 heavy (non-hydrogen) atoms. The number of nitrogens with zero attached hydrogens (tertiary/aromatic N) is 1. The molecule has 3 atom stereocenters. The van der Waals surface area contributed by atoms with Crippen molar-refractivity contribution in [2.45, 2.75) is 4.76 Å². The molecule has 0 radical (unpaired) electrons. The Kier molecular flexibility index (Phi) is 47.9. The molecule has 0 amide bonds. The van der Waals surface area contributed by atoms with Gasteiger partial charge < -0.3 is 5.71 Å². The molecular formula is CH10NNa4OP3. The van der Waals surface area contributed by atoms with Crippen LogP contribution in [0.15, 0.2) is 5.18 Å². The van der Waals surface area contributed by atoms with Crippen LogP contribution in [0.4, 0.5) is 0 Å². The first-order valence-electron chi connectivity index (χ1n) is 1.27. The van der Waals surface area contributed by atoms with Crippen LogP contribution in [0.3, 0.4) is 0 Å². The topological polar surface area (TPSA) is 29.4 Å². The minimum atomic E-state index is -0.639. The number of hydrogen-bond acceptors (Lipinski definition) is 2. The molecule has 0 heterocycles. The maximum atomic E-state index is 9.51. The van der Waals surface area contributed by atoms with Gasteiger partial charge in [-0.1, -0.05) is 32.9 Å². The molecule has 0 saturated heterocycles. The van der Waals surface area contributed by atoms with Crippen LogP contribution in [0, 0.1) is 4.91 Å². The molecule has 0 aromatic rings. The average Bonchev–Trinajstić information content (AvgIpc) is 1.35. The van der Waals surface area contributed by atoms with Gasteiger partial charge in [-0.05, 0) is 0 Å². The van der Waals surface area contributed by atoms with Gasteiger partial charge in [0.25, 0.3) is 0 Å². The summed E-state index contributed by atoms with van der Waals surface area (Å²) in [6.45, 7) is 0. The largest absolute Gasteiger partial charge is 1.00 e. The van der Waals surface area contributed by atoms with Gasteiger partial charge in [0, 0.05) is 0 Å². The molecule has 9 heteroatoms. The van der Waals surface area contributed by atoms with Crippen molar-refractivity contribution in [2.75, 3.05) is 0 Å². The van der Waals surface area contributed by atoms with Gasteiger partial charge in [-0.15, -0.1) is 4.91 Å². The Morgan fingerprint density at radius 3 is 1.10 bits per heavy atom. The van der Waals surface area contributed by atoms with Gasteiger partial charge in [-0.25, -0.2) is 0 Å². The molecular weight excluding hydrogens is 227 g/mol. The van der Waals surface area contributed by atoms with Gasteiger partial charge in [-0.3, -0.25) is 0 Å². The van der Waals surface area contributed by atoms with Crippen molar-refractivity contribution in [3.63, 3.8) is 0 Å². The van der Waals surface area contributed by atoms with E-state index in [9.17, 15) is 4.91 Å². The van der Waals surface area contributed by atoms with Crippen molar-refractivity contribution in [3.8, 4) is 0 Å². The molecule has 0 spiro atoms. The summed E-state index contributed by atoms with van der Waals surface area (Å²) >= 11 is 0. The summed E-state index contributed by atoms with van der Waals surface area (Å²) in [6, 6.07) is 0. The maximum Gasteiger partial charge on any atom is 1.00 e. The molecule has 0 bridgehead atoms. The average molecular weight is 237 g/mol. The first-order chi connectivity index (χ1) is 2.56. The molecule has 0 aliphatic carbocycles. The fourth-order valence-corrected chi connectivity index (χ4v) is 0. The summed E-state index contributed by atoms with van der Waals surface area (Å²) in [6.07, 6.45) is 0. The maximum absolute atomic E-state index is 9.51. The minimum absolute atomic E-state index is 0. The third-order valence-electron chi connectivity index (χ3n) is 0.158. The standard InChI is InChI=1S/CH6NOP3.4Na.4H/c3-2-1(4,5)6;;;;;;;;/h4-6H2;;;;;;;;/q;4*+1;4*-1. The fraction of sp³-hybridized carbons (Fsp3) is 1.00. The number of nitroso groups, excluding NO2 is 1. The van der Waals surface area contributed by atoms with E-state index in [4.69, 9.17) is 0 Å². The van der Waals surface area contributed by atoms with Crippen LogP contribution in [0.1, 0.15) is 5.71 Å². The zero-order chi connectivity index (χ0) is 5.21. The summed E-state index contributed by atoms with van der Waals surface area (Å²) < 4.78 is -0.639. The van der Waals surface area contributed by atoms with Crippen molar-refractivity contribution in [1.82, 2.24) is 0 Å². The van der Waals surface area contributed by atoms with E-state index >= 15 is 0 Å². The minimum Gasteiger partial charge on any atom is -1.00 e. The van der Waals surface area contributed by atoms with Crippen LogP contribution in [0.5, 0.6) is 0 Å². The molecule has 0 N–H and O–H groups in total. The van der Waals surface area contributed by atoms with Crippen molar-refractivity contribution in [3.05, 3.63) is 4.91 Å². The summed E-state index contributed by atoms with van der Waals surface area (Å²) in [5.74, 6) is 0. The van der Waals surface area contributed by atoms with Crippen LogP contribution in [-0.2, 0) is 0 Å². The quantitative estimate of drug-likeness (QED) is 0.253. The summed E-state index contributed by atoms with van der Waals surface area (Å²) in [5, 5.41) is 2.66. The van der Waals surface area contributed by atoms with Crippen molar-refractivity contribution >= 4 is 27.7 Å². The van der Waals surface area contributed by atoms with E-state index in [-0.39, 0.29) is 124 Å². The Balaban J connectivity index is -0.00000000446. The Morgan fingerprint density at radius 2 is 1.10 bits per heavy atom. The Bertz CT molecular complexity index is 78.1. The van der Waals surface area contributed by atoms with Gasteiger partial charge >= 0.3 is 118 Å². The van der Waals surface area contributed by atoms with E-state index in [2.05, 4.69) is 32.9 Å². The predicted octanol–water partition coefficient (Wildman–Crippen LogP) is -10.5. The predicted molar refractivity (Wildman–Crippen MR) is 42.1 cm³/mol. The Morgan fingerprint density at radius 1 is 1.00 bits per heavy atom. The van der Waals surface area contributed by atoms with E-state index in [0.717, 1.165) is 0 Å². The summed E-state index contributed by atoms with van der Waals surface area (Å²) in [5.41, 5.74) is 0. The van der Waals surface area contributed by atoms with Crippen molar-refractivity contribution in [2.24, 2.45) is 5.18 Å². The SMILES string of the molecule is O=NC(P)(P)P.[H-].[H-].[H-].[H-].[Na+].[Na+].[Na+].[Na+]. The van der Waals surface area contributed by atoms with E-state index in [1.807, 2.05) is 0 Å². The molecule has 0 aliphatic heterocycles. The van der Waals surface area contributed by atoms with Gasteiger partial charge in [0.2, 0.25) is 0 Å². The number of rotatable bonds is 1. The molecule has 44 valence electrons. The van der Waals surface area contributed by atoms with E-state index < -0.39 is 4.76 Å². The first-order valence-corrected chi connectivity index (χ1v) is 3.00. The van der Waals surface area contributed by atoms with Crippen LogP contribution in [0.25, 0.3) is 0 Å². The zero-order valence-electron chi connectivity index (χ0n) is 11.1. The van der Waals surface area contributed by atoms with Crippen LogP contribution in [-0.4, -0.2) is 4.76 Å². The van der Waals surface area contributed by atoms with Crippen LogP contribution >= 0.6 is 27.7 Å². The van der Waals surface area contributed by atoms with Gasteiger partial charge in [0.1, 0.15) is 4.76 Å². The van der Waals surface area contributed by atoms with E-state index in [1.54, 1.807) is 0 Å². The van der Waals surface area contributed by atoms with Gasteiger partial charge in [0.05, 0.1) is 0 Å². The van der Waals surface area contributed by atoms with E-state index in [1.165, 1.54) is 0 Å². The molecule has 0 aromatic carbocycles. The molecule has 0 aromatic heterocycles. The van der Waals surface area contributed by atoms with Crippen LogP contribution < -0.4 is 118 Å². The monoisotopic (exact) mass is 237 g/mol. The second-order valence-corrected chi connectivity index (χ2v) is 5.75. The molecule has 0 fully saturated rings. The van der Waals surface area contributed by atoms with Crippen molar-refractivity contribution < 1.29 is 124 Å².